The summed E-state index contributed by atoms with van der Waals surface area (Å²) in [5.74, 6) is -0.591. The van der Waals surface area contributed by atoms with Crippen LogP contribution >= 0.6 is 0 Å². The number of halogens is 3. The van der Waals surface area contributed by atoms with Gasteiger partial charge in [-0.25, -0.2) is 0 Å². The normalized spacial score (nSPS) is 13.0. The van der Waals surface area contributed by atoms with E-state index >= 15 is 0 Å². The van der Waals surface area contributed by atoms with Crippen molar-refractivity contribution in [2.45, 2.75) is 5.51 Å². The third kappa shape index (κ3) is 6.80. The fourth-order valence-electron chi connectivity index (χ4n) is 0.973. The smallest absolute Gasteiger partial charge is 1.00 e. The molecule has 0 bridgehead atoms. The monoisotopic (exact) mass is 356 g/mol. The minimum Gasteiger partial charge on any atom is -1.00 e. The van der Waals surface area contributed by atoms with Gasteiger partial charge in [0.2, 0.25) is 0 Å². The van der Waals surface area contributed by atoms with Crippen LogP contribution in [0.4, 0.5) is 13.2 Å². The molecule has 0 amide bonds. The average Bonchev–Trinajstić information content (AvgIpc) is 2.25. The van der Waals surface area contributed by atoms with E-state index in [1.807, 2.05) is 0 Å². The predicted octanol–water partition coefficient (Wildman–Crippen LogP) is -1.11. The topological polar surface area (TPSA) is 97.7 Å². The first kappa shape index (κ1) is 20.4. The van der Waals surface area contributed by atoms with Crippen molar-refractivity contribution in [1.29, 1.82) is 0 Å². The molecule has 0 fully saturated rings. The summed E-state index contributed by atoms with van der Waals surface area (Å²) in [4.78, 5) is 0. The Morgan fingerprint density at radius 1 is 1.10 bits per heavy atom. The summed E-state index contributed by atoms with van der Waals surface area (Å²) < 4.78 is 90.5. The van der Waals surface area contributed by atoms with Crippen molar-refractivity contribution in [1.82, 2.24) is 0 Å². The molecule has 0 spiro atoms. The van der Waals surface area contributed by atoms with Crippen molar-refractivity contribution in [3.8, 4) is 5.75 Å². The number of rotatable bonds is 4. The number of hydrogen-bond donors (Lipinski definition) is 1. The zero-order valence-corrected chi connectivity index (χ0v) is 14.0. The molecule has 0 aliphatic carbocycles. The largest absolute Gasteiger partial charge is 1.00 e. The van der Waals surface area contributed by atoms with Gasteiger partial charge in [0, 0.05) is 0 Å². The molecule has 0 aliphatic rings. The van der Waals surface area contributed by atoms with Gasteiger partial charge in [-0.2, -0.15) is 30.0 Å². The van der Waals surface area contributed by atoms with Crippen molar-refractivity contribution >= 4 is 26.3 Å². The minimum absolute atomic E-state index is 0. The molecule has 0 aromatic heterocycles. The summed E-state index contributed by atoms with van der Waals surface area (Å²) in [5, 5.41) is 0.454. The van der Waals surface area contributed by atoms with Crippen LogP contribution in [0.25, 0.3) is 6.08 Å². The molecular formula is C9H8F3NaO6S2. The Balaban J connectivity index is 0. The molecule has 1 aromatic rings. The molecule has 0 unspecified atom stereocenters. The Bertz CT molecular complexity index is 713. The molecular weight excluding hydrogens is 348 g/mol. The van der Waals surface area contributed by atoms with Crippen LogP contribution in [0.1, 0.15) is 6.99 Å². The summed E-state index contributed by atoms with van der Waals surface area (Å²) in [6.45, 7) is 0. The molecule has 12 heteroatoms. The molecule has 0 aliphatic heterocycles. The summed E-state index contributed by atoms with van der Waals surface area (Å²) in [7, 11) is -10.1. The van der Waals surface area contributed by atoms with Gasteiger partial charge in [-0.15, -0.1) is 0 Å². The molecule has 0 heterocycles. The molecule has 6 nitrogen and oxygen atoms in total. The van der Waals surface area contributed by atoms with Crippen molar-refractivity contribution in [3.05, 3.63) is 35.2 Å². The summed E-state index contributed by atoms with van der Waals surface area (Å²) in [6, 6.07) is 3.99. The Labute approximate surface area is 142 Å². The zero-order chi connectivity index (χ0) is 15.6. The van der Waals surface area contributed by atoms with Gasteiger partial charge in [-0.3, -0.25) is 4.55 Å². The van der Waals surface area contributed by atoms with Gasteiger partial charge in [0.15, 0.2) is 0 Å². The van der Waals surface area contributed by atoms with E-state index < -0.39 is 31.5 Å². The molecule has 114 valence electrons. The Morgan fingerprint density at radius 3 is 1.95 bits per heavy atom. The minimum atomic E-state index is -5.75. The van der Waals surface area contributed by atoms with E-state index in [0.717, 1.165) is 30.3 Å². The van der Waals surface area contributed by atoms with E-state index in [-0.39, 0.29) is 36.5 Å². The summed E-state index contributed by atoms with van der Waals surface area (Å²) in [5.41, 5.74) is -5.35. The molecule has 0 saturated heterocycles. The molecule has 0 saturated carbocycles. The third-order valence-electron chi connectivity index (χ3n) is 1.80. The van der Waals surface area contributed by atoms with E-state index in [1.165, 1.54) is 0 Å². The first-order valence-electron chi connectivity index (χ1n) is 4.67. The van der Waals surface area contributed by atoms with E-state index in [9.17, 15) is 30.0 Å². The van der Waals surface area contributed by atoms with E-state index in [2.05, 4.69) is 4.18 Å². The van der Waals surface area contributed by atoms with Crippen molar-refractivity contribution in [2.24, 2.45) is 0 Å². The zero-order valence-electron chi connectivity index (χ0n) is 11.4. The number of benzene rings is 1. The molecule has 1 N–H and O–H groups in total. The van der Waals surface area contributed by atoms with Crippen LogP contribution in [0.3, 0.4) is 0 Å². The fourth-order valence-corrected chi connectivity index (χ4v) is 1.76. The van der Waals surface area contributed by atoms with Crippen LogP contribution in [0.2, 0.25) is 0 Å². The van der Waals surface area contributed by atoms with Gasteiger partial charge in [-0.05, 0) is 23.8 Å². The van der Waals surface area contributed by atoms with Gasteiger partial charge in [0.25, 0.3) is 10.1 Å². The van der Waals surface area contributed by atoms with Crippen molar-refractivity contribution in [2.75, 3.05) is 0 Å². The van der Waals surface area contributed by atoms with E-state index in [0.29, 0.717) is 5.41 Å². The predicted molar refractivity (Wildman–Crippen MR) is 63.7 cm³/mol. The van der Waals surface area contributed by atoms with Crippen LogP contribution in [0.15, 0.2) is 29.7 Å². The first-order valence-corrected chi connectivity index (χ1v) is 7.58. The van der Waals surface area contributed by atoms with Crippen LogP contribution in [0, 0.1) is 0 Å². The van der Waals surface area contributed by atoms with Crippen LogP contribution in [0.5, 0.6) is 5.75 Å². The van der Waals surface area contributed by atoms with Gasteiger partial charge in [-0.1, -0.05) is 12.1 Å². The van der Waals surface area contributed by atoms with Crippen molar-refractivity contribution < 1.29 is 69.7 Å². The molecule has 1 aromatic carbocycles. The fraction of sp³-hybridized carbons (Fsp3) is 0.111. The maximum absolute atomic E-state index is 12.0. The van der Waals surface area contributed by atoms with Crippen LogP contribution in [-0.2, 0) is 20.2 Å². The van der Waals surface area contributed by atoms with Crippen molar-refractivity contribution in [3.63, 3.8) is 0 Å². The van der Waals surface area contributed by atoms with Gasteiger partial charge < -0.3 is 5.61 Å². The molecule has 0 atom stereocenters. The quantitative estimate of drug-likeness (QED) is 0.318. The Morgan fingerprint density at radius 2 is 1.57 bits per heavy atom. The maximum Gasteiger partial charge on any atom is 1.00 e. The molecule has 1 rings (SSSR count). The van der Waals surface area contributed by atoms with Gasteiger partial charge in [0.1, 0.15) is 5.75 Å². The Kier molecular flexibility index (Phi) is 6.91. The molecule has 0 radical (unpaired) electrons. The van der Waals surface area contributed by atoms with Gasteiger partial charge >= 0.3 is 45.2 Å². The third-order valence-corrected chi connectivity index (χ3v) is 3.26. The second-order valence-electron chi connectivity index (χ2n) is 3.37. The first-order chi connectivity index (χ1) is 8.91. The SMILES string of the molecule is O=S(=O)(O)/C=C/c1ccc(OS(=O)(=O)C(F)(F)F)cc1.[H-].[Na+]. The van der Waals surface area contributed by atoms with E-state index in [1.54, 1.807) is 0 Å². The van der Waals surface area contributed by atoms with Gasteiger partial charge in [0.05, 0.1) is 5.41 Å². The molecule has 21 heavy (non-hydrogen) atoms. The second kappa shape index (κ2) is 7.11. The van der Waals surface area contributed by atoms with Crippen LogP contribution < -0.4 is 33.7 Å². The summed E-state index contributed by atoms with van der Waals surface area (Å²) >= 11 is 0. The maximum atomic E-state index is 12.0. The standard InChI is InChI=1S/C9H7F3O6S2.Na.H/c10-9(11,12)20(16,17)18-8-3-1-7(2-4-8)5-6-19(13,14)15;;/h1-6H,(H,13,14,15);;/q;+1;-1/b6-5+;;. The van der Waals surface area contributed by atoms with Crippen LogP contribution in [-0.4, -0.2) is 26.9 Å². The Hall–Kier alpha value is -0.590. The number of alkyl halides is 3. The average molecular weight is 356 g/mol. The number of hydrogen-bond acceptors (Lipinski definition) is 5. The second-order valence-corrected chi connectivity index (χ2v) is 6.21. The summed E-state index contributed by atoms with van der Waals surface area (Å²) in [6.07, 6.45) is 0.956. The van der Waals surface area contributed by atoms with E-state index in [4.69, 9.17) is 4.55 Å².